The fraction of sp³-hybridized carbons (Fsp3) is 0.286. The Bertz CT molecular complexity index is 1340. The van der Waals surface area contributed by atoms with Gasteiger partial charge in [0.15, 0.2) is 0 Å². The van der Waals surface area contributed by atoms with Crippen LogP contribution in [0, 0.1) is 13.8 Å². The van der Waals surface area contributed by atoms with E-state index >= 15 is 0 Å². The molecule has 196 valence electrons. The SMILES string of the molecule is CNC(=O)C(C)N(Cc1ccc(OC)cc1)C(=O)CN(c1ccc(C)c(C)c1)S(=O)(=O)c1ccccc1. The normalized spacial score (nSPS) is 11.9. The summed E-state index contributed by atoms with van der Waals surface area (Å²) in [6.07, 6.45) is 0. The van der Waals surface area contributed by atoms with Crippen molar-refractivity contribution < 1.29 is 22.7 Å². The average molecular weight is 524 g/mol. The van der Waals surface area contributed by atoms with E-state index in [1.54, 1.807) is 68.6 Å². The van der Waals surface area contributed by atoms with Crippen LogP contribution in [0.15, 0.2) is 77.7 Å². The van der Waals surface area contributed by atoms with Crippen molar-refractivity contribution >= 4 is 27.5 Å². The van der Waals surface area contributed by atoms with Gasteiger partial charge in [-0.3, -0.25) is 13.9 Å². The number of nitrogens with one attached hydrogen (secondary N) is 1. The number of amides is 2. The molecular formula is C28H33N3O5S. The van der Waals surface area contributed by atoms with Crippen LogP contribution in [0.1, 0.15) is 23.6 Å². The molecule has 0 aliphatic carbocycles. The van der Waals surface area contributed by atoms with Gasteiger partial charge in [0.1, 0.15) is 18.3 Å². The molecule has 0 aliphatic heterocycles. The molecule has 3 aromatic carbocycles. The molecule has 0 aliphatic rings. The highest BCUT2D eigenvalue weighted by Crippen LogP contribution is 2.26. The quantitative estimate of drug-likeness (QED) is 0.438. The Hall–Kier alpha value is -3.85. The summed E-state index contributed by atoms with van der Waals surface area (Å²) >= 11 is 0. The molecule has 37 heavy (non-hydrogen) atoms. The molecule has 0 aromatic heterocycles. The minimum Gasteiger partial charge on any atom is -0.497 e. The van der Waals surface area contributed by atoms with Crippen LogP contribution in [-0.4, -0.2) is 51.9 Å². The van der Waals surface area contributed by atoms with E-state index in [9.17, 15) is 18.0 Å². The van der Waals surface area contributed by atoms with Crippen LogP contribution < -0.4 is 14.4 Å². The van der Waals surface area contributed by atoms with E-state index in [-0.39, 0.29) is 17.3 Å². The summed E-state index contributed by atoms with van der Waals surface area (Å²) in [6.45, 7) is 5.08. The highest BCUT2D eigenvalue weighted by molar-refractivity contribution is 7.92. The van der Waals surface area contributed by atoms with Gasteiger partial charge in [-0.1, -0.05) is 36.4 Å². The zero-order chi connectivity index (χ0) is 27.2. The number of methoxy groups -OCH3 is 1. The van der Waals surface area contributed by atoms with Crippen molar-refractivity contribution in [3.63, 3.8) is 0 Å². The molecule has 0 spiro atoms. The second-order valence-electron chi connectivity index (χ2n) is 8.75. The summed E-state index contributed by atoms with van der Waals surface area (Å²) in [5, 5.41) is 2.57. The summed E-state index contributed by atoms with van der Waals surface area (Å²) in [6, 6.07) is 19.6. The van der Waals surface area contributed by atoms with Crippen LogP contribution >= 0.6 is 0 Å². The van der Waals surface area contributed by atoms with Crippen molar-refractivity contribution in [1.29, 1.82) is 0 Å². The number of benzene rings is 3. The lowest BCUT2D eigenvalue weighted by atomic mass is 10.1. The van der Waals surface area contributed by atoms with E-state index in [0.29, 0.717) is 11.4 Å². The zero-order valence-electron chi connectivity index (χ0n) is 21.8. The number of likely N-dealkylation sites (N-methyl/N-ethyl adjacent to an activating group) is 1. The first kappa shape index (κ1) is 27.7. The van der Waals surface area contributed by atoms with Crippen LogP contribution in [0.4, 0.5) is 5.69 Å². The number of anilines is 1. The molecule has 1 N–H and O–H groups in total. The van der Waals surface area contributed by atoms with Gasteiger partial charge in [-0.25, -0.2) is 8.42 Å². The van der Waals surface area contributed by atoms with Gasteiger partial charge < -0.3 is 15.0 Å². The van der Waals surface area contributed by atoms with Crippen LogP contribution in [0.2, 0.25) is 0 Å². The summed E-state index contributed by atoms with van der Waals surface area (Å²) in [4.78, 5) is 27.8. The molecule has 2 amide bonds. The Kier molecular flexibility index (Phi) is 8.94. The first-order valence-corrected chi connectivity index (χ1v) is 13.3. The lowest BCUT2D eigenvalue weighted by Crippen LogP contribution is -2.50. The molecule has 3 aromatic rings. The molecule has 0 saturated heterocycles. The number of sulfonamides is 1. The first-order valence-electron chi connectivity index (χ1n) is 11.9. The van der Waals surface area contributed by atoms with E-state index < -0.39 is 28.5 Å². The van der Waals surface area contributed by atoms with Gasteiger partial charge in [0.2, 0.25) is 11.8 Å². The predicted molar refractivity (Wildman–Crippen MR) is 144 cm³/mol. The molecule has 0 bridgehead atoms. The highest BCUT2D eigenvalue weighted by Gasteiger charge is 2.32. The number of rotatable bonds is 10. The minimum absolute atomic E-state index is 0.0714. The molecule has 9 heteroatoms. The molecule has 8 nitrogen and oxygen atoms in total. The molecule has 1 unspecified atom stereocenters. The van der Waals surface area contributed by atoms with Gasteiger partial charge in [-0.15, -0.1) is 0 Å². The molecule has 1 atom stereocenters. The standard InChI is InChI=1S/C28H33N3O5S/c1-20-11-14-24(17-21(20)2)31(37(34,35)26-9-7-6-8-10-26)19-27(32)30(22(3)28(33)29-4)18-23-12-15-25(36-5)16-13-23/h6-17,22H,18-19H2,1-5H3,(H,29,33). The van der Waals surface area contributed by atoms with Crippen LogP contribution in [0.25, 0.3) is 0 Å². The van der Waals surface area contributed by atoms with E-state index in [2.05, 4.69) is 5.32 Å². The summed E-state index contributed by atoms with van der Waals surface area (Å²) < 4.78 is 33.8. The fourth-order valence-electron chi connectivity index (χ4n) is 3.85. The number of ether oxygens (including phenoxy) is 1. The average Bonchev–Trinajstić information content (AvgIpc) is 2.91. The number of aryl methyl sites for hydroxylation is 2. The Morgan fingerprint density at radius 3 is 2.16 bits per heavy atom. The van der Waals surface area contributed by atoms with Crippen molar-refractivity contribution in [2.24, 2.45) is 0 Å². The number of hydrogen-bond donors (Lipinski definition) is 1. The lowest BCUT2D eigenvalue weighted by molar-refractivity contribution is -0.139. The molecular weight excluding hydrogens is 490 g/mol. The van der Waals surface area contributed by atoms with Crippen molar-refractivity contribution in [2.75, 3.05) is 25.0 Å². The Morgan fingerprint density at radius 2 is 1.59 bits per heavy atom. The minimum atomic E-state index is -4.08. The van der Waals surface area contributed by atoms with Crippen LogP contribution in [0.5, 0.6) is 5.75 Å². The monoisotopic (exact) mass is 523 g/mol. The molecule has 0 radical (unpaired) electrons. The van der Waals surface area contributed by atoms with Crippen molar-refractivity contribution in [1.82, 2.24) is 10.2 Å². The number of nitrogens with zero attached hydrogens (tertiary/aromatic N) is 2. The van der Waals surface area contributed by atoms with Crippen LogP contribution in [-0.2, 0) is 26.2 Å². The summed E-state index contributed by atoms with van der Waals surface area (Å²) in [5.74, 6) is -0.203. The van der Waals surface area contributed by atoms with Gasteiger partial charge in [0.05, 0.1) is 17.7 Å². The van der Waals surface area contributed by atoms with Gasteiger partial charge >= 0.3 is 0 Å². The third-order valence-electron chi connectivity index (χ3n) is 6.31. The summed E-state index contributed by atoms with van der Waals surface area (Å²) in [7, 11) is -1.02. The maximum Gasteiger partial charge on any atom is 0.264 e. The van der Waals surface area contributed by atoms with E-state index in [4.69, 9.17) is 4.74 Å². The first-order chi connectivity index (χ1) is 17.6. The lowest BCUT2D eigenvalue weighted by Gasteiger charge is -2.32. The number of hydrogen-bond acceptors (Lipinski definition) is 5. The Morgan fingerprint density at radius 1 is 0.946 bits per heavy atom. The van der Waals surface area contributed by atoms with Gasteiger partial charge in [-0.2, -0.15) is 0 Å². The third-order valence-corrected chi connectivity index (χ3v) is 8.10. The van der Waals surface area contributed by atoms with Gasteiger partial charge in [0.25, 0.3) is 10.0 Å². The largest absolute Gasteiger partial charge is 0.497 e. The Balaban J connectivity index is 2.03. The molecule has 3 rings (SSSR count). The predicted octanol–water partition coefficient (Wildman–Crippen LogP) is 3.67. The van der Waals surface area contributed by atoms with Crippen molar-refractivity contribution in [3.8, 4) is 5.75 Å². The second-order valence-corrected chi connectivity index (χ2v) is 10.6. The van der Waals surface area contributed by atoms with Crippen molar-refractivity contribution in [2.45, 2.75) is 38.3 Å². The molecule has 0 saturated carbocycles. The fourth-order valence-corrected chi connectivity index (χ4v) is 5.28. The number of carbonyl (C=O) groups is 2. The molecule has 0 heterocycles. The van der Waals surface area contributed by atoms with Crippen LogP contribution in [0.3, 0.4) is 0 Å². The number of carbonyl (C=O) groups excluding carboxylic acids is 2. The van der Waals surface area contributed by atoms with Crippen molar-refractivity contribution in [3.05, 3.63) is 89.5 Å². The van der Waals surface area contributed by atoms with Gasteiger partial charge in [-0.05, 0) is 73.9 Å². The molecule has 0 fully saturated rings. The third kappa shape index (κ3) is 6.48. The summed E-state index contributed by atoms with van der Waals surface area (Å²) in [5.41, 5.74) is 3.04. The highest BCUT2D eigenvalue weighted by atomic mass is 32.2. The van der Waals surface area contributed by atoms with E-state index in [1.165, 1.54) is 24.1 Å². The second kappa shape index (κ2) is 11.9. The van der Waals surface area contributed by atoms with E-state index in [0.717, 1.165) is 21.0 Å². The zero-order valence-corrected chi connectivity index (χ0v) is 22.6. The Labute approximate surface area is 218 Å². The van der Waals surface area contributed by atoms with Gasteiger partial charge in [0, 0.05) is 13.6 Å². The maximum atomic E-state index is 13.8. The maximum absolute atomic E-state index is 13.8. The van der Waals surface area contributed by atoms with E-state index in [1.807, 2.05) is 19.9 Å². The smallest absolute Gasteiger partial charge is 0.264 e. The topological polar surface area (TPSA) is 96.0 Å².